The molecule has 21 heteroatoms. The van der Waals surface area contributed by atoms with Gasteiger partial charge in [-0.2, -0.15) is 0 Å². The van der Waals surface area contributed by atoms with Crippen LogP contribution in [-0.4, -0.2) is 55.3 Å². The number of pyridine rings is 1. The van der Waals surface area contributed by atoms with Crippen molar-refractivity contribution in [3.8, 4) is 138 Å². The number of para-hydroxylation sites is 2. The lowest BCUT2D eigenvalue weighted by Crippen LogP contribution is -2.10. The summed E-state index contributed by atoms with van der Waals surface area (Å²) in [5.41, 5.74) is 20.0. The van der Waals surface area contributed by atoms with Crippen LogP contribution in [-0.2, 0) is 67.8 Å². The Morgan fingerprint density at radius 3 is 0.738 bits per heavy atom. The number of aromatic nitrogens is 11. The highest BCUT2D eigenvalue weighted by Gasteiger charge is 2.24. The smallest absolute Gasteiger partial charge is 0.248 e. The molecule has 0 amide bonds. The van der Waals surface area contributed by atoms with E-state index in [0.717, 1.165) is 100 Å². The van der Waals surface area contributed by atoms with Crippen LogP contribution in [0.5, 0.6) is 34.5 Å². The van der Waals surface area contributed by atoms with Gasteiger partial charge in [-0.1, -0.05) is 198 Å². The van der Waals surface area contributed by atoms with Gasteiger partial charge in [0.05, 0.1) is 11.0 Å². The first-order valence-electron chi connectivity index (χ1n) is 43.5. The number of hydrogen-bond donors (Lipinski definition) is 0. The summed E-state index contributed by atoms with van der Waals surface area (Å²) in [6.45, 7) is 27.8. The molecule has 0 spiro atoms. The molecular weight excluding hydrogens is 1620 g/mol. The Morgan fingerprint density at radius 1 is 0.246 bits per heavy atom. The Morgan fingerprint density at radius 2 is 0.485 bits per heavy atom. The molecule has 6 aromatic heterocycles. The quantitative estimate of drug-likeness (QED) is 0.0423. The van der Waals surface area contributed by atoms with Crippen molar-refractivity contribution in [1.29, 1.82) is 0 Å². The highest BCUT2D eigenvalue weighted by Crippen LogP contribution is 2.38. The van der Waals surface area contributed by atoms with Gasteiger partial charge in [-0.25, -0.2) is 4.98 Å². The number of benzene rings is 12. The van der Waals surface area contributed by atoms with Crippen molar-refractivity contribution in [3.63, 3.8) is 0 Å². The van der Waals surface area contributed by atoms with Gasteiger partial charge >= 0.3 is 0 Å². The monoisotopic (exact) mass is 1720 g/mol. The highest BCUT2D eigenvalue weighted by molar-refractivity contribution is 5.80. The minimum Gasteiger partial charge on any atom is -0.489 e. The molecule has 130 heavy (non-hydrogen) atoms. The van der Waals surface area contributed by atoms with Gasteiger partial charge in [0.2, 0.25) is 47.1 Å². The lowest BCUT2D eigenvalue weighted by molar-refractivity contribution is 0.276. The maximum absolute atomic E-state index is 6.97. The third kappa shape index (κ3) is 20.5. The number of hydrogen-bond acceptors (Lipinski definition) is 20. The van der Waals surface area contributed by atoms with Gasteiger partial charge in [-0.05, 0) is 241 Å². The van der Waals surface area contributed by atoms with Crippen molar-refractivity contribution in [1.82, 2.24) is 55.3 Å². The van der Waals surface area contributed by atoms with E-state index in [-0.39, 0.29) is 61.3 Å². The van der Waals surface area contributed by atoms with Crippen LogP contribution in [0, 0.1) is 0 Å². The van der Waals surface area contributed by atoms with Gasteiger partial charge in [0.1, 0.15) is 79.8 Å². The number of nitrogens with zero attached hydrogens (tertiary/aromatic N) is 11. The van der Waals surface area contributed by atoms with E-state index >= 15 is 0 Å². The molecule has 0 saturated heterocycles. The fraction of sp³-hybridized carbons (Fsp3) is 0.211. The van der Waals surface area contributed by atoms with Crippen LogP contribution in [0.15, 0.2) is 315 Å². The van der Waals surface area contributed by atoms with Crippen LogP contribution in [0.3, 0.4) is 0 Å². The predicted octanol–water partition coefficient (Wildman–Crippen LogP) is 25.7. The van der Waals surface area contributed by atoms with Gasteiger partial charge in [0, 0.05) is 75.4 Å². The number of imidazole rings is 1. The molecule has 18 aromatic rings. The summed E-state index contributed by atoms with van der Waals surface area (Å²) in [6, 6.07) is 96.2. The molecule has 0 saturated carbocycles. The molecule has 0 N–H and O–H groups in total. The molecule has 0 unspecified atom stereocenters. The molecule has 12 aromatic carbocycles. The van der Waals surface area contributed by atoms with Crippen LogP contribution < -0.4 is 28.4 Å². The minimum atomic E-state index is 0.0107. The van der Waals surface area contributed by atoms with E-state index in [1.165, 1.54) is 22.3 Å². The zero-order chi connectivity index (χ0) is 89.7. The summed E-state index contributed by atoms with van der Waals surface area (Å²) in [4.78, 5) is 9.91. The van der Waals surface area contributed by atoms with E-state index in [4.69, 9.17) is 56.1 Å². The Balaban J connectivity index is 0.623. The molecule has 0 bridgehead atoms. The molecule has 0 atom stereocenters. The molecule has 18 rings (SSSR count). The zero-order valence-electron chi connectivity index (χ0n) is 74.7. The number of fused-ring (bicyclic) bond motifs is 1. The number of rotatable bonds is 29. The molecule has 650 valence electrons. The van der Waals surface area contributed by atoms with Gasteiger partial charge in [-0.15, -0.1) is 40.8 Å². The Hall–Kier alpha value is -15.4. The maximum atomic E-state index is 6.97. The van der Waals surface area contributed by atoms with Crippen LogP contribution in [0.2, 0.25) is 0 Å². The Kier molecular flexibility index (Phi) is 24.0. The van der Waals surface area contributed by atoms with Crippen LogP contribution >= 0.6 is 0 Å². The largest absolute Gasteiger partial charge is 0.489 e. The lowest BCUT2D eigenvalue weighted by Gasteiger charge is -2.18. The molecule has 6 heterocycles. The first kappa shape index (κ1) is 85.4. The van der Waals surface area contributed by atoms with E-state index in [2.05, 4.69) is 183 Å². The zero-order valence-corrected chi connectivity index (χ0v) is 74.7. The summed E-state index contributed by atoms with van der Waals surface area (Å²) in [6.07, 6.45) is 1.78. The van der Waals surface area contributed by atoms with Crippen molar-refractivity contribution in [2.45, 2.75) is 151 Å². The van der Waals surface area contributed by atoms with Crippen molar-refractivity contribution in [2.24, 2.45) is 0 Å². The lowest BCUT2D eigenvalue weighted by atomic mass is 9.87. The SMILES string of the molecule is CC(C)(C)c1ccc(-c2nnc(-c3ccc(COc4cc(COc5cc(Cn6c(-c7ccccn7)nc7ccccc76)cc(OCc6cc(OCc7ccc(-c8nnc(-c9ccc(C(C)(C)C)cc9)o8)cc7)cc(OCc7ccc(-c8nnc(-c9ccc(C(C)(C)C)cc9)o8)cc7)c6)c5)cc(OCc5ccc(-c6nnc(-c7ccc(C(C)(C)C)cc7)o6)cc5)c4)cc3)o2)cc1. The average molecular weight is 1720 g/mol. The van der Waals surface area contributed by atoms with Crippen molar-refractivity contribution in [2.75, 3.05) is 0 Å². The van der Waals surface area contributed by atoms with Crippen LogP contribution in [0.4, 0.5) is 0 Å². The topological polar surface area (TPSA) is 242 Å². The molecule has 0 aliphatic rings. The van der Waals surface area contributed by atoms with Crippen molar-refractivity contribution >= 4 is 11.0 Å². The Labute approximate surface area is 755 Å². The number of ether oxygens (including phenoxy) is 6. The second-order valence-corrected chi connectivity index (χ2v) is 36.6. The van der Waals surface area contributed by atoms with Gasteiger partial charge in [0.25, 0.3) is 0 Å². The van der Waals surface area contributed by atoms with Gasteiger partial charge < -0.3 is 50.7 Å². The minimum absolute atomic E-state index is 0.0107. The van der Waals surface area contributed by atoms with E-state index in [9.17, 15) is 0 Å². The van der Waals surface area contributed by atoms with Crippen LogP contribution in [0.1, 0.15) is 144 Å². The first-order chi connectivity index (χ1) is 62.8. The standard InChI is InChI=1S/C109H99N11O10/c1-106(2,3)84-44-36-80(37-45-84)102-116-112-98(127-102)76-28-20-69(21-29-76)63-121-90-55-74(56-91(60-90)122-64-70-22-30-77(31-23-70)99-113-117-103(128-99)81-38-46-85(47-39-81)107(4,5)6)67-125-88-53-73(62-120-96-19-14-13-17-94(96)111-97(120)95-18-15-16-52-110-95)54-89(59-88)126-68-75-57-92(123-65-71-24-32-78(33-25-71)100-114-118-104(129-100)82-40-48-86(49-41-82)108(7,8)9)61-93(58-75)124-66-72-26-34-79(35-27-72)101-115-119-105(130-101)83-42-50-87(51-43-83)109(10,11)12/h13-61H,62-68H2,1-12H3. The third-order valence-electron chi connectivity index (χ3n) is 22.6. The van der Waals surface area contributed by atoms with Gasteiger partial charge in [-0.3, -0.25) is 4.98 Å². The van der Waals surface area contributed by atoms with E-state index in [1.807, 2.05) is 237 Å². The van der Waals surface area contributed by atoms with E-state index < -0.39 is 0 Å². The van der Waals surface area contributed by atoms with Gasteiger partial charge in [0.15, 0.2) is 5.82 Å². The maximum Gasteiger partial charge on any atom is 0.248 e. The summed E-state index contributed by atoms with van der Waals surface area (Å²) in [5, 5.41) is 35.3. The molecule has 0 aliphatic carbocycles. The van der Waals surface area contributed by atoms with Crippen molar-refractivity contribution in [3.05, 3.63) is 359 Å². The second kappa shape index (κ2) is 36.5. The molecular formula is C109H99N11O10. The summed E-state index contributed by atoms with van der Waals surface area (Å²) in [5.74, 6) is 7.48. The summed E-state index contributed by atoms with van der Waals surface area (Å²) < 4.78 is 67.8. The molecule has 0 fully saturated rings. The third-order valence-corrected chi connectivity index (χ3v) is 22.6. The molecule has 0 radical (unpaired) electrons. The molecule has 21 nitrogen and oxygen atoms in total. The Bertz CT molecular complexity index is 6260. The van der Waals surface area contributed by atoms with Crippen molar-refractivity contribution < 1.29 is 46.1 Å². The average Bonchev–Trinajstić information content (AvgIpc) is 1.63. The van der Waals surface area contributed by atoms with Crippen LogP contribution in [0.25, 0.3) is 114 Å². The summed E-state index contributed by atoms with van der Waals surface area (Å²) in [7, 11) is 0. The fourth-order valence-electron chi connectivity index (χ4n) is 15.0. The predicted molar refractivity (Wildman–Crippen MR) is 503 cm³/mol. The highest BCUT2D eigenvalue weighted by atomic mass is 16.5. The van der Waals surface area contributed by atoms with E-state index in [1.54, 1.807) is 6.20 Å². The normalized spacial score (nSPS) is 11.9. The summed E-state index contributed by atoms with van der Waals surface area (Å²) >= 11 is 0. The first-order valence-corrected chi connectivity index (χ1v) is 43.5. The fourth-order valence-corrected chi connectivity index (χ4v) is 15.0. The van der Waals surface area contributed by atoms with E-state index in [0.29, 0.717) is 94.0 Å². The second-order valence-electron chi connectivity index (χ2n) is 36.6. The molecule has 0 aliphatic heterocycles.